The summed E-state index contributed by atoms with van der Waals surface area (Å²) in [6, 6.07) is 22.0. The summed E-state index contributed by atoms with van der Waals surface area (Å²) in [5.41, 5.74) is 3.96. The second kappa shape index (κ2) is 5.29. The van der Waals surface area contributed by atoms with Gasteiger partial charge in [-0.1, -0.05) is 18.2 Å². The van der Waals surface area contributed by atoms with Crippen molar-refractivity contribution >= 4 is 28.1 Å². The highest BCUT2D eigenvalue weighted by molar-refractivity contribution is 6.10. The summed E-state index contributed by atoms with van der Waals surface area (Å²) < 4.78 is 7.45. The zero-order valence-electron chi connectivity index (χ0n) is 12.7. The van der Waals surface area contributed by atoms with Crippen molar-refractivity contribution in [3.05, 3.63) is 72.3 Å². The molecule has 112 valence electrons. The maximum Gasteiger partial charge on any atom is 0.150 e. The number of carbonyl (C=O) groups excluding carboxylic acids is 1. The van der Waals surface area contributed by atoms with Crippen LogP contribution in [-0.4, -0.2) is 18.0 Å². The third kappa shape index (κ3) is 2.09. The maximum absolute atomic E-state index is 11.1. The van der Waals surface area contributed by atoms with Crippen LogP contribution in [0, 0.1) is 0 Å². The van der Waals surface area contributed by atoms with Crippen molar-refractivity contribution in [1.29, 1.82) is 0 Å². The van der Waals surface area contributed by atoms with Crippen LogP contribution in [0.1, 0.15) is 10.4 Å². The minimum Gasteiger partial charge on any atom is -0.497 e. The Bertz CT molecular complexity index is 1010. The van der Waals surface area contributed by atoms with Gasteiger partial charge in [-0.2, -0.15) is 0 Å². The molecule has 23 heavy (non-hydrogen) atoms. The van der Waals surface area contributed by atoms with E-state index < -0.39 is 0 Å². The molecule has 1 aromatic heterocycles. The molecule has 0 radical (unpaired) electrons. The second-order valence-electron chi connectivity index (χ2n) is 5.45. The first kappa shape index (κ1) is 13.6. The smallest absolute Gasteiger partial charge is 0.150 e. The summed E-state index contributed by atoms with van der Waals surface area (Å²) in [4.78, 5) is 11.1. The first-order chi connectivity index (χ1) is 11.3. The molecular formula is C20H15NO2. The zero-order valence-corrected chi connectivity index (χ0v) is 12.7. The van der Waals surface area contributed by atoms with Crippen molar-refractivity contribution in [3.63, 3.8) is 0 Å². The van der Waals surface area contributed by atoms with Crippen LogP contribution in [0.4, 0.5) is 0 Å². The van der Waals surface area contributed by atoms with Gasteiger partial charge in [-0.15, -0.1) is 0 Å². The number of ether oxygens (including phenoxy) is 1. The molecule has 4 aromatic rings. The van der Waals surface area contributed by atoms with Gasteiger partial charge in [0.05, 0.1) is 18.1 Å². The molecular weight excluding hydrogens is 286 g/mol. The topological polar surface area (TPSA) is 31.2 Å². The largest absolute Gasteiger partial charge is 0.497 e. The Hall–Kier alpha value is -3.07. The van der Waals surface area contributed by atoms with Crippen molar-refractivity contribution in [2.75, 3.05) is 7.11 Å². The fraction of sp³-hybridized carbons (Fsp3) is 0.0500. The molecule has 3 nitrogen and oxygen atoms in total. The van der Waals surface area contributed by atoms with Crippen molar-refractivity contribution in [1.82, 2.24) is 4.57 Å². The summed E-state index contributed by atoms with van der Waals surface area (Å²) in [6.07, 6.45) is 0.888. The van der Waals surface area contributed by atoms with Crippen LogP contribution in [0.5, 0.6) is 5.75 Å². The lowest BCUT2D eigenvalue weighted by Crippen LogP contribution is -1.94. The Morgan fingerprint density at radius 2 is 1.61 bits per heavy atom. The van der Waals surface area contributed by atoms with E-state index in [9.17, 15) is 4.79 Å². The van der Waals surface area contributed by atoms with Gasteiger partial charge in [0.15, 0.2) is 0 Å². The zero-order chi connectivity index (χ0) is 15.8. The fourth-order valence-corrected chi connectivity index (χ4v) is 3.07. The third-order valence-corrected chi connectivity index (χ3v) is 4.16. The lowest BCUT2D eigenvalue weighted by molar-refractivity contribution is 0.112. The van der Waals surface area contributed by atoms with Gasteiger partial charge >= 0.3 is 0 Å². The van der Waals surface area contributed by atoms with Gasteiger partial charge in [0, 0.05) is 22.0 Å². The number of methoxy groups -OCH3 is 1. The molecule has 0 aliphatic rings. The number of benzene rings is 3. The van der Waals surface area contributed by atoms with Crippen LogP contribution < -0.4 is 4.74 Å². The van der Waals surface area contributed by atoms with Gasteiger partial charge in [0.1, 0.15) is 12.0 Å². The molecule has 0 atom stereocenters. The monoisotopic (exact) mass is 301 g/mol. The summed E-state index contributed by atoms with van der Waals surface area (Å²) >= 11 is 0. The Balaban J connectivity index is 2.08. The fourth-order valence-electron chi connectivity index (χ4n) is 3.07. The first-order valence-electron chi connectivity index (χ1n) is 7.44. The molecule has 0 bridgehead atoms. The Kier molecular flexibility index (Phi) is 3.12. The highest BCUT2D eigenvalue weighted by Crippen LogP contribution is 2.32. The van der Waals surface area contributed by atoms with E-state index in [1.165, 1.54) is 0 Å². The van der Waals surface area contributed by atoms with Crippen LogP contribution in [-0.2, 0) is 0 Å². The van der Waals surface area contributed by atoms with E-state index in [1.54, 1.807) is 7.11 Å². The number of rotatable bonds is 3. The van der Waals surface area contributed by atoms with E-state index in [4.69, 9.17) is 4.74 Å². The summed E-state index contributed by atoms with van der Waals surface area (Å²) in [7, 11) is 1.66. The lowest BCUT2D eigenvalue weighted by atomic mass is 10.1. The van der Waals surface area contributed by atoms with Crippen LogP contribution in [0.15, 0.2) is 66.7 Å². The van der Waals surface area contributed by atoms with E-state index in [-0.39, 0.29) is 0 Å². The normalized spacial score (nSPS) is 11.0. The quantitative estimate of drug-likeness (QED) is 0.518. The summed E-state index contributed by atoms with van der Waals surface area (Å²) in [5.74, 6) is 0.831. The molecule has 0 unspecified atom stereocenters. The minimum atomic E-state index is 0.690. The molecule has 0 spiro atoms. The van der Waals surface area contributed by atoms with Crippen LogP contribution >= 0.6 is 0 Å². The molecule has 0 fully saturated rings. The average molecular weight is 301 g/mol. The predicted octanol–water partition coefficient (Wildman–Crippen LogP) is 4.60. The van der Waals surface area contributed by atoms with Crippen LogP contribution in [0.2, 0.25) is 0 Å². The van der Waals surface area contributed by atoms with Crippen molar-refractivity contribution < 1.29 is 9.53 Å². The molecule has 3 aromatic carbocycles. The van der Waals surface area contributed by atoms with Gasteiger partial charge in [0.25, 0.3) is 0 Å². The van der Waals surface area contributed by atoms with E-state index in [1.807, 2.05) is 54.6 Å². The Labute approximate surface area is 133 Å². The lowest BCUT2D eigenvalue weighted by Gasteiger charge is -2.08. The maximum atomic E-state index is 11.1. The van der Waals surface area contributed by atoms with Gasteiger partial charge in [-0.05, 0) is 48.5 Å². The molecule has 0 amide bonds. The highest BCUT2D eigenvalue weighted by Gasteiger charge is 2.12. The van der Waals surface area contributed by atoms with Gasteiger partial charge < -0.3 is 9.30 Å². The first-order valence-corrected chi connectivity index (χ1v) is 7.44. The summed E-state index contributed by atoms with van der Waals surface area (Å²) in [6.45, 7) is 0. The molecule has 3 heteroatoms. The number of nitrogens with zero attached hydrogens (tertiary/aromatic N) is 1. The van der Waals surface area contributed by atoms with Gasteiger partial charge in [0.2, 0.25) is 0 Å². The van der Waals surface area contributed by atoms with Crippen molar-refractivity contribution in [3.8, 4) is 11.4 Å². The average Bonchev–Trinajstić information content (AvgIpc) is 2.95. The summed E-state index contributed by atoms with van der Waals surface area (Å²) in [5, 5.41) is 2.23. The van der Waals surface area contributed by atoms with Crippen molar-refractivity contribution in [2.45, 2.75) is 0 Å². The Morgan fingerprint density at radius 1 is 0.870 bits per heavy atom. The number of fused-ring (bicyclic) bond motifs is 3. The SMILES string of the molecule is COc1ccc(-n2c3ccccc3c3cc(C=O)ccc32)cc1. The van der Waals surface area contributed by atoms with E-state index in [0.717, 1.165) is 39.5 Å². The minimum absolute atomic E-state index is 0.690. The number of aromatic nitrogens is 1. The number of hydrogen-bond donors (Lipinski definition) is 0. The highest BCUT2D eigenvalue weighted by atomic mass is 16.5. The standard InChI is InChI=1S/C20H15NO2/c1-23-16-9-7-15(8-10-16)21-19-5-3-2-4-17(19)18-12-14(13-22)6-11-20(18)21/h2-13H,1H3. The molecule has 4 rings (SSSR count). The molecule has 0 saturated carbocycles. The van der Waals surface area contributed by atoms with E-state index in [0.29, 0.717) is 5.56 Å². The number of para-hydroxylation sites is 1. The van der Waals surface area contributed by atoms with E-state index >= 15 is 0 Å². The molecule has 1 heterocycles. The van der Waals surface area contributed by atoms with E-state index in [2.05, 4.69) is 16.7 Å². The number of aldehydes is 1. The number of carbonyl (C=O) groups is 1. The molecule has 0 saturated heterocycles. The Morgan fingerprint density at radius 3 is 2.35 bits per heavy atom. The van der Waals surface area contributed by atoms with Crippen LogP contribution in [0.3, 0.4) is 0 Å². The van der Waals surface area contributed by atoms with Crippen molar-refractivity contribution in [2.24, 2.45) is 0 Å². The molecule has 0 aliphatic carbocycles. The molecule has 0 N–H and O–H groups in total. The predicted molar refractivity (Wildman–Crippen MR) is 92.7 cm³/mol. The van der Waals surface area contributed by atoms with Crippen LogP contribution in [0.25, 0.3) is 27.5 Å². The second-order valence-corrected chi connectivity index (χ2v) is 5.45. The third-order valence-electron chi connectivity index (χ3n) is 4.16. The number of hydrogen-bond acceptors (Lipinski definition) is 2. The van der Waals surface area contributed by atoms with Gasteiger partial charge in [-0.25, -0.2) is 0 Å². The van der Waals surface area contributed by atoms with Gasteiger partial charge in [-0.3, -0.25) is 4.79 Å². The molecule has 0 aliphatic heterocycles.